The van der Waals surface area contributed by atoms with E-state index < -0.39 is 23.2 Å². The highest BCUT2D eigenvalue weighted by Gasteiger charge is 2.18. The van der Waals surface area contributed by atoms with E-state index in [9.17, 15) is 13.6 Å². The van der Waals surface area contributed by atoms with E-state index in [2.05, 4.69) is 5.16 Å². The van der Waals surface area contributed by atoms with Gasteiger partial charge in [0.2, 0.25) is 0 Å². The van der Waals surface area contributed by atoms with Crippen LogP contribution in [0.5, 0.6) is 5.75 Å². The SMILES string of the molecule is Cc1noc(C)c1COc1cc(F)c(C(=O)O)c(F)c1. The molecule has 0 unspecified atom stereocenters. The Morgan fingerprint density at radius 2 is 1.95 bits per heavy atom. The molecule has 106 valence electrons. The van der Waals surface area contributed by atoms with Crippen LogP contribution in [-0.2, 0) is 6.61 Å². The zero-order valence-corrected chi connectivity index (χ0v) is 10.7. The van der Waals surface area contributed by atoms with Crippen LogP contribution in [-0.4, -0.2) is 16.2 Å². The smallest absolute Gasteiger partial charge is 0.341 e. The first-order valence-corrected chi connectivity index (χ1v) is 5.67. The standard InChI is InChI=1S/C13H11F2NO4/c1-6-9(7(2)20-16-6)5-19-8-3-10(14)12(13(17)18)11(15)4-8/h3-4H,5H2,1-2H3,(H,17,18). The molecule has 2 aromatic rings. The molecule has 1 N–H and O–H groups in total. The van der Waals surface area contributed by atoms with Crippen molar-refractivity contribution in [2.24, 2.45) is 0 Å². The van der Waals surface area contributed by atoms with E-state index in [4.69, 9.17) is 14.4 Å². The van der Waals surface area contributed by atoms with Crippen LogP contribution < -0.4 is 4.74 Å². The fourth-order valence-corrected chi connectivity index (χ4v) is 1.70. The van der Waals surface area contributed by atoms with Gasteiger partial charge < -0.3 is 14.4 Å². The maximum absolute atomic E-state index is 13.5. The van der Waals surface area contributed by atoms with Gasteiger partial charge in [-0.05, 0) is 13.8 Å². The third kappa shape index (κ3) is 2.61. The number of aromatic carboxylic acids is 1. The second-order valence-electron chi connectivity index (χ2n) is 4.16. The molecule has 7 heteroatoms. The molecule has 0 atom stereocenters. The Balaban J connectivity index is 2.21. The molecule has 0 bridgehead atoms. The molecule has 0 spiro atoms. The van der Waals surface area contributed by atoms with E-state index in [1.807, 2.05) is 0 Å². The summed E-state index contributed by atoms with van der Waals surface area (Å²) < 4.78 is 37.1. The van der Waals surface area contributed by atoms with Crippen LogP contribution in [0, 0.1) is 25.5 Å². The van der Waals surface area contributed by atoms with Crippen LogP contribution in [0.4, 0.5) is 8.78 Å². The summed E-state index contributed by atoms with van der Waals surface area (Å²) in [6.07, 6.45) is 0. The number of carboxylic acids is 1. The Morgan fingerprint density at radius 1 is 1.35 bits per heavy atom. The van der Waals surface area contributed by atoms with Crippen LogP contribution in [0.2, 0.25) is 0 Å². The quantitative estimate of drug-likeness (QED) is 0.934. The van der Waals surface area contributed by atoms with Gasteiger partial charge in [0.1, 0.15) is 35.3 Å². The van der Waals surface area contributed by atoms with Crippen molar-refractivity contribution in [2.45, 2.75) is 20.5 Å². The molecule has 0 aliphatic heterocycles. The van der Waals surface area contributed by atoms with Crippen molar-refractivity contribution in [1.29, 1.82) is 0 Å². The van der Waals surface area contributed by atoms with Crippen LogP contribution in [0.3, 0.4) is 0 Å². The van der Waals surface area contributed by atoms with Crippen molar-refractivity contribution in [3.8, 4) is 5.75 Å². The lowest BCUT2D eigenvalue weighted by molar-refractivity contribution is 0.0686. The molecule has 0 fully saturated rings. The van der Waals surface area contributed by atoms with Crippen molar-refractivity contribution in [3.05, 3.63) is 46.3 Å². The van der Waals surface area contributed by atoms with Gasteiger partial charge in [0.25, 0.3) is 0 Å². The summed E-state index contributed by atoms with van der Waals surface area (Å²) in [5.74, 6) is -3.61. The van der Waals surface area contributed by atoms with Gasteiger partial charge in [-0.2, -0.15) is 0 Å². The van der Waals surface area contributed by atoms with Crippen molar-refractivity contribution in [1.82, 2.24) is 5.16 Å². The Hall–Kier alpha value is -2.44. The second kappa shape index (κ2) is 5.28. The molecule has 0 amide bonds. The lowest BCUT2D eigenvalue weighted by Gasteiger charge is -2.07. The van der Waals surface area contributed by atoms with Crippen molar-refractivity contribution >= 4 is 5.97 Å². The fourth-order valence-electron chi connectivity index (χ4n) is 1.70. The van der Waals surface area contributed by atoms with Gasteiger partial charge >= 0.3 is 5.97 Å². The molecule has 1 heterocycles. The molecular weight excluding hydrogens is 272 g/mol. The summed E-state index contributed by atoms with van der Waals surface area (Å²) in [4.78, 5) is 10.6. The minimum atomic E-state index is -1.67. The molecule has 0 saturated carbocycles. The topological polar surface area (TPSA) is 72.6 Å². The number of nitrogens with zero attached hydrogens (tertiary/aromatic N) is 1. The molecule has 5 nitrogen and oxygen atoms in total. The minimum absolute atomic E-state index is 0.0203. The van der Waals surface area contributed by atoms with Gasteiger partial charge in [-0.3, -0.25) is 0 Å². The number of carboxylic acid groups (broad SMARTS) is 1. The monoisotopic (exact) mass is 283 g/mol. The summed E-state index contributed by atoms with van der Waals surface area (Å²) in [6.45, 7) is 3.42. The molecule has 2 rings (SSSR count). The number of rotatable bonds is 4. The summed E-state index contributed by atoms with van der Waals surface area (Å²) in [5, 5.41) is 12.4. The van der Waals surface area contributed by atoms with Crippen LogP contribution in [0.1, 0.15) is 27.4 Å². The van der Waals surface area contributed by atoms with Crippen molar-refractivity contribution < 1.29 is 27.9 Å². The molecule has 0 radical (unpaired) electrons. The number of carbonyl (C=O) groups is 1. The lowest BCUT2D eigenvalue weighted by atomic mass is 10.2. The minimum Gasteiger partial charge on any atom is -0.488 e. The summed E-state index contributed by atoms with van der Waals surface area (Å²) in [7, 11) is 0. The number of hydrogen-bond acceptors (Lipinski definition) is 4. The highest BCUT2D eigenvalue weighted by atomic mass is 19.1. The first-order chi connectivity index (χ1) is 9.40. The maximum atomic E-state index is 13.5. The number of ether oxygens (including phenoxy) is 1. The van der Waals surface area contributed by atoms with E-state index in [1.54, 1.807) is 13.8 Å². The van der Waals surface area contributed by atoms with Crippen LogP contribution in [0.15, 0.2) is 16.7 Å². The van der Waals surface area contributed by atoms with Crippen LogP contribution >= 0.6 is 0 Å². The molecule has 20 heavy (non-hydrogen) atoms. The third-order valence-corrected chi connectivity index (χ3v) is 2.79. The van der Waals surface area contributed by atoms with Gasteiger partial charge in [0.15, 0.2) is 0 Å². The van der Waals surface area contributed by atoms with E-state index in [0.29, 0.717) is 17.0 Å². The number of benzene rings is 1. The Morgan fingerprint density at radius 3 is 2.40 bits per heavy atom. The molecule has 0 aliphatic rings. The third-order valence-electron chi connectivity index (χ3n) is 2.79. The van der Waals surface area contributed by atoms with Gasteiger partial charge in [-0.25, -0.2) is 13.6 Å². The fraction of sp³-hybridized carbons (Fsp3) is 0.231. The molecular formula is C13H11F2NO4. The Bertz CT molecular complexity index is 624. The Kier molecular flexibility index (Phi) is 3.69. The zero-order chi connectivity index (χ0) is 14.9. The average molecular weight is 283 g/mol. The Labute approximate surface area is 112 Å². The van der Waals surface area contributed by atoms with E-state index >= 15 is 0 Å². The first-order valence-electron chi connectivity index (χ1n) is 5.67. The number of aryl methyl sites for hydroxylation is 2. The number of hydrogen-bond donors (Lipinski definition) is 1. The van der Waals surface area contributed by atoms with Crippen molar-refractivity contribution in [3.63, 3.8) is 0 Å². The zero-order valence-electron chi connectivity index (χ0n) is 10.7. The van der Waals surface area contributed by atoms with Gasteiger partial charge in [-0.1, -0.05) is 5.16 Å². The summed E-state index contributed by atoms with van der Waals surface area (Å²) >= 11 is 0. The first kappa shape index (κ1) is 14.0. The van der Waals surface area contributed by atoms with E-state index in [0.717, 1.165) is 12.1 Å². The maximum Gasteiger partial charge on any atom is 0.341 e. The second-order valence-corrected chi connectivity index (χ2v) is 4.16. The number of halogens is 2. The summed E-state index contributed by atoms with van der Waals surface area (Å²) in [6, 6.07) is 1.65. The predicted molar refractivity (Wildman–Crippen MR) is 63.6 cm³/mol. The van der Waals surface area contributed by atoms with E-state index in [1.165, 1.54) is 0 Å². The van der Waals surface area contributed by atoms with Crippen molar-refractivity contribution in [2.75, 3.05) is 0 Å². The molecule has 0 aliphatic carbocycles. The predicted octanol–water partition coefficient (Wildman–Crippen LogP) is 2.85. The largest absolute Gasteiger partial charge is 0.488 e. The van der Waals surface area contributed by atoms with Gasteiger partial charge in [0.05, 0.1) is 11.3 Å². The lowest BCUT2D eigenvalue weighted by Crippen LogP contribution is -2.06. The van der Waals surface area contributed by atoms with Gasteiger partial charge in [-0.15, -0.1) is 0 Å². The highest BCUT2D eigenvalue weighted by Crippen LogP contribution is 2.22. The van der Waals surface area contributed by atoms with E-state index in [-0.39, 0.29) is 12.4 Å². The average Bonchev–Trinajstić information content (AvgIpc) is 2.65. The molecule has 0 saturated heterocycles. The summed E-state index contributed by atoms with van der Waals surface area (Å²) in [5.41, 5.74) is 0.286. The van der Waals surface area contributed by atoms with Crippen LogP contribution in [0.25, 0.3) is 0 Å². The molecule has 1 aromatic heterocycles. The number of aromatic nitrogens is 1. The normalized spacial score (nSPS) is 10.6. The highest BCUT2D eigenvalue weighted by molar-refractivity contribution is 5.88. The molecule has 1 aromatic carbocycles. The van der Waals surface area contributed by atoms with Gasteiger partial charge in [0, 0.05) is 12.1 Å².